The molecule has 1 atom stereocenters. The molecule has 0 unspecified atom stereocenters. The number of carbonyl (C=O) groups is 1. The Balaban J connectivity index is 1.36. The Morgan fingerprint density at radius 1 is 1.00 bits per heavy atom. The number of aromatic nitrogens is 2. The minimum atomic E-state index is 0.0137. The Kier molecular flexibility index (Phi) is 6.45. The molecule has 0 saturated carbocycles. The van der Waals surface area contributed by atoms with Crippen LogP contribution in [-0.4, -0.2) is 35.7 Å². The molecule has 1 aliphatic heterocycles. The number of ether oxygens (including phenoxy) is 2. The van der Waals surface area contributed by atoms with Gasteiger partial charge in [-0.15, -0.1) is 0 Å². The molecular formula is C29H31N3O3. The van der Waals surface area contributed by atoms with Crippen molar-refractivity contribution in [1.29, 1.82) is 0 Å². The van der Waals surface area contributed by atoms with Crippen LogP contribution in [0.5, 0.6) is 11.5 Å². The van der Waals surface area contributed by atoms with Gasteiger partial charge in [0.2, 0.25) is 5.91 Å². The summed E-state index contributed by atoms with van der Waals surface area (Å²) in [6.07, 6.45) is 1.28. The van der Waals surface area contributed by atoms with Gasteiger partial charge in [0.1, 0.15) is 17.3 Å². The predicted molar refractivity (Wildman–Crippen MR) is 138 cm³/mol. The molecule has 5 rings (SSSR count). The molecule has 1 saturated heterocycles. The highest BCUT2D eigenvalue weighted by Gasteiger charge is 2.35. The number of benzene rings is 3. The van der Waals surface area contributed by atoms with Crippen molar-refractivity contribution in [2.75, 3.05) is 25.2 Å². The fourth-order valence-electron chi connectivity index (χ4n) is 4.87. The largest absolute Gasteiger partial charge is 0.495 e. The minimum absolute atomic E-state index is 0.0137. The molecule has 0 bridgehead atoms. The first kappa shape index (κ1) is 23.0. The molecule has 0 spiro atoms. The second kappa shape index (κ2) is 9.82. The Morgan fingerprint density at radius 2 is 1.80 bits per heavy atom. The van der Waals surface area contributed by atoms with Crippen LogP contribution in [0, 0.1) is 13.8 Å². The smallest absolute Gasteiger partial charge is 0.227 e. The van der Waals surface area contributed by atoms with E-state index in [0.29, 0.717) is 25.3 Å². The average molecular weight is 470 g/mol. The first-order valence-corrected chi connectivity index (χ1v) is 12.1. The fraction of sp³-hybridized carbons (Fsp3) is 0.310. The van der Waals surface area contributed by atoms with Crippen molar-refractivity contribution in [3.63, 3.8) is 0 Å². The molecule has 35 heavy (non-hydrogen) atoms. The van der Waals surface area contributed by atoms with E-state index in [1.165, 1.54) is 5.56 Å². The quantitative estimate of drug-likeness (QED) is 0.313. The van der Waals surface area contributed by atoms with Crippen molar-refractivity contribution in [2.24, 2.45) is 0 Å². The van der Waals surface area contributed by atoms with Crippen molar-refractivity contribution in [3.8, 4) is 11.5 Å². The zero-order valence-corrected chi connectivity index (χ0v) is 20.5. The number of aryl methyl sites for hydroxylation is 3. The first-order chi connectivity index (χ1) is 17.0. The third-order valence-corrected chi connectivity index (χ3v) is 6.68. The summed E-state index contributed by atoms with van der Waals surface area (Å²) in [5.41, 5.74) is 5.20. The van der Waals surface area contributed by atoms with Crippen LogP contribution in [0.25, 0.3) is 11.0 Å². The molecule has 180 valence electrons. The summed E-state index contributed by atoms with van der Waals surface area (Å²) in [6, 6.07) is 22.1. The third-order valence-electron chi connectivity index (χ3n) is 6.68. The van der Waals surface area contributed by atoms with Crippen LogP contribution in [0.4, 0.5) is 5.69 Å². The van der Waals surface area contributed by atoms with Gasteiger partial charge in [-0.3, -0.25) is 4.79 Å². The SMILES string of the molecule is COc1ccccc1N1C[C@H](c2nc3ccccc3n2CCCOc2cc(C)ccc2C)CC1=O. The van der Waals surface area contributed by atoms with Crippen molar-refractivity contribution in [1.82, 2.24) is 9.55 Å². The van der Waals surface area contributed by atoms with Crippen molar-refractivity contribution in [2.45, 2.75) is 39.2 Å². The number of carbonyl (C=O) groups excluding carboxylic acids is 1. The van der Waals surface area contributed by atoms with Gasteiger partial charge in [0.05, 0.1) is 30.4 Å². The van der Waals surface area contributed by atoms with E-state index >= 15 is 0 Å². The van der Waals surface area contributed by atoms with Crippen LogP contribution in [0.3, 0.4) is 0 Å². The predicted octanol–water partition coefficient (Wildman–Crippen LogP) is 5.65. The van der Waals surface area contributed by atoms with Gasteiger partial charge in [0.15, 0.2) is 0 Å². The molecule has 4 aromatic rings. The molecule has 1 aromatic heterocycles. The van der Waals surface area contributed by atoms with E-state index in [0.717, 1.165) is 46.8 Å². The third kappa shape index (κ3) is 4.61. The summed E-state index contributed by atoms with van der Waals surface area (Å²) < 4.78 is 13.9. The minimum Gasteiger partial charge on any atom is -0.495 e. The lowest BCUT2D eigenvalue weighted by Crippen LogP contribution is -2.25. The van der Waals surface area contributed by atoms with Gasteiger partial charge in [-0.05, 0) is 61.7 Å². The number of nitrogens with zero attached hydrogens (tertiary/aromatic N) is 3. The Labute approximate surface area is 206 Å². The lowest BCUT2D eigenvalue weighted by atomic mass is 10.1. The molecule has 1 aliphatic rings. The molecule has 1 amide bonds. The molecule has 3 aromatic carbocycles. The summed E-state index contributed by atoms with van der Waals surface area (Å²) in [5.74, 6) is 2.72. The standard InChI is InChI=1S/C29H31N3O3/c1-20-13-14-21(2)27(17-20)35-16-8-15-31-24-10-5-4-9-23(24)30-29(31)22-18-28(33)32(19-22)25-11-6-7-12-26(25)34-3/h4-7,9-14,17,22H,8,15-16,18-19H2,1-3H3/t22-/m1/s1. The van der Waals surface area contributed by atoms with Crippen LogP contribution >= 0.6 is 0 Å². The van der Waals surface area contributed by atoms with Crippen molar-refractivity contribution < 1.29 is 14.3 Å². The number of hydrogen-bond acceptors (Lipinski definition) is 4. The summed E-state index contributed by atoms with van der Waals surface area (Å²) in [6.45, 7) is 6.13. The van der Waals surface area contributed by atoms with Crippen LogP contribution in [0.1, 0.15) is 35.7 Å². The lowest BCUT2D eigenvalue weighted by Gasteiger charge is -2.20. The molecular weight excluding hydrogens is 438 g/mol. The zero-order valence-electron chi connectivity index (χ0n) is 20.5. The van der Waals surface area contributed by atoms with Crippen LogP contribution < -0.4 is 14.4 Å². The Morgan fingerprint density at radius 3 is 2.66 bits per heavy atom. The molecule has 6 nitrogen and oxygen atoms in total. The molecule has 0 radical (unpaired) electrons. The maximum atomic E-state index is 13.0. The number of fused-ring (bicyclic) bond motifs is 1. The molecule has 0 aliphatic carbocycles. The Hall–Kier alpha value is -3.80. The molecule has 0 N–H and O–H groups in total. The highest BCUT2D eigenvalue weighted by Crippen LogP contribution is 2.37. The average Bonchev–Trinajstić information content (AvgIpc) is 3.44. The number of para-hydroxylation sites is 4. The molecule has 6 heteroatoms. The van der Waals surface area contributed by atoms with Crippen molar-refractivity contribution in [3.05, 3.63) is 83.7 Å². The maximum absolute atomic E-state index is 13.0. The van der Waals surface area contributed by atoms with E-state index in [9.17, 15) is 4.79 Å². The highest BCUT2D eigenvalue weighted by molar-refractivity contribution is 5.97. The van der Waals surface area contributed by atoms with E-state index in [1.54, 1.807) is 7.11 Å². The van der Waals surface area contributed by atoms with Gasteiger partial charge in [-0.2, -0.15) is 0 Å². The summed E-state index contributed by atoms with van der Waals surface area (Å²) >= 11 is 0. The van der Waals surface area contributed by atoms with E-state index in [1.807, 2.05) is 47.4 Å². The fourth-order valence-corrected chi connectivity index (χ4v) is 4.87. The van der Waals surface area contributed by atoms with Gasteiger partial charge in [0, 0.05) is 25.4 Å². The monoisotopic (exact) mass is 469 g/mol. The zero-order chi connectivity index (χ0) is 24.4. The summed E-state index contributed by atoms with van der Waals surface area (Å²) in [4.78, 5) is 19.8. The van der Waals surface area contributed by atoms with Crippen LogP contribution in [0.15, 0.2) is 66.7 Å². The number of anilines is 1. The van der Waals surface area contributed by atoms with Gasteiger partial charge >= 0.3 is 0 Å². The van der Waals surface area contributed by atoms with Crippen LogP contribution in [0.2, 0.25) is 0 Å². The lowest BCUT2D eigenvalue weighted by molar-refractivity contribution is -0.117. The van der Waals surface area contributed by atoms with Gasteiger partial charge < -0.3 is 18.9 Å². The second-order valence-corrected chi connectivity index (χ2v) is 9.16. The number of amides is 1. The second-order valence-electron chi connectivity index (χ2n) is 9.16. The van der Waals surface area contributed by atoms with E-state index < -0.39 is 0 Å². The number of methoxy groups -OCH3 is 1. The highest BCUT2D eigenvalue weighted by atomic mass is 16.5. The van der Waals surface area contributed by atoms with Crippen molar-refractivity contribution >= 4 is 22.6 Å². The molecule has 2 heterocycles. The number of rotatable bonds is 8. The van der Waals surface area contributed by atoms with Gasteiger partial charge in [-0.1, -0.05) is 36.4 Å². The summed E-state index contributed by atoms with van der Waals surface area (Å²) in [7, 11) is 1.64. The van der Waals surface area contributed by atoms with Crippen LogP contribution in [-0.2, 0) is 11.3 Å². The van der Waals surface area contributed by atoms with E-state index in [-0.39, 0.29) is 11.8 Å². The van der Waals surface area contributed by atoms with E-state index in [2.05, 4.69) is 42.7 Å². The number of hydrogen-bond donors (Lipinski definition) is 0. The van der Waals surface area contributed by atoms with Gasteiger partial charge in [0.25, 0.3) is 0 Å². The molecule has 1 fully saturated rings. The normalized spacial score (nSPS) is 15.7. The number of imidazole rings is 1. The summed E-state index contributed by atoms with van der Waals surface area (Å²) in [5, 5.41) is 0. The first-order valence-electron chi connectivity index (χ1n) is 12.1. The maximum Gasteiger partial charge on any atom is 0.227 e. The topological polar surface area (TPSA) is 56.6 Å². The van der Waals surface area contributed by atoms with Gasteiger partial charge in [-0.25, -0.2) is 4.98 Å². The Bertz CT molecular complexity index is 1360. The van der Waals surface area contributed by atoms with E-state index in [4.69, 9.17) is 14.5 Å².